The molecule has 1 aliphatic rings. The highest BCUT2D eigenvalue weighted by molar-refractivity contribution is 5.95. The Labute approximate surface area is 112 Å². The maximum absolute atomic E-state index is 11.4. The maximum atomic E-state index is 11.4. The number of pyridine rings is 1. The average molecular weight is 264 g/mol. The second-order valence-corrected chi connectivity index (χ2v) is 5.20. The van der Waals surface area contributed by atoms with Crippen LogP contribution in [0.15, 0.2) is 6.07 Å². The molecule has 5 heteroatoms. The molecule has 104 valence electrons. The van der Waals surface area contributed by atoms with E-state index in [1.54, 1.807) is 6.07 Å². The van der Waals surface area contributed by atoms with Crippen LogP contribution in [0.2, 0.25) is 0 Å². The number of aliphatic hydroxyl groups excluding tert-OH is 1. The number of aliphatic hydroxyl groups is 1. The predicted octanol–water partition coefficient (Wildman–Crippen LogP) is 1.61. The lowest BCUT2D eigenvalue weighted by Gasteiger charge is -2.33. The van der Waals surface area contributed by atoms with Crippen molar-refractivity contribution in [1.29, 1.82) is 0 Å². The Morgan fingerprint density at radius 2 is 2.05 bits per heavy atom. The van der Waals surface area contributed by atoms with Crippen LogP contribution in [0, 0.1) is 19.8 Å². The first-order valence-corrected chi connectivity index (χ1v) is 6.60. The van der Waals surface area contributed by atoms with Crippen molar-refractivity contribution in [2.45, 2.75) is 26.7 Å². The van der Waals surface area contributed by atoms with E-state index in [0.717, 1.165) is 37.2 Å². The van der Waals surface area contributed by atoms with E-state index in [4.69, 9.17) is 5.11 Å². The van der Waals surface area contributed by atoms with Gasteiger partial charge in [-0.15, -0.1) is 0 Å². The number of nitrogens with zero attached hydrogens (tertiary/aromatic N) is 2. The second-order valence-electron chi connectivity index (χ2n) is 5.20. The van der Waals surface area contributed by atoms with E-state index in [2.05, 4.69) is 4.98 Å². The summed E-state index contributed by atoms with van der Waals surface area (Å²) in [6.45, 7) is 5.40. The van der Waals surface area contributed by atoms with Crippen LogP contribution in [0.3, 0.4) is 0 Å². The van der Waals surface area contributed by atoms with E-state index in [1.165, 1.54) is 0 Å². The van der Waals surface area contributed by atoms with Gasteiger partial charge in [0.1, 0.15) is 11.4 Å². The first-order chi connectivity index (χ1) is 9.02. The Bertz CT molecular complexity index is 480. The van der Waals surface area contributed by atoms with Gasteiger partial charge in [-0.2, -0.15) is 0 Å². The summed E-state index contributed by atoms with van der Waals surface area (Å²) in [6.07, 6.45) is 1.76. The smallest absolute Gasteiger partial charge is 0.339 e. The quantitative estimate of drug-likeness (QED) is 0.867. The predicted molar refractivity (Wildman–Crippen MR) is 72.7 cm³/mol. The summed E-state index contributed by atoms with van der Waals surface area (Å²) in [6, 6.07) is 1.80. The van der Waals surface area contributed by atoms with Gasteiger partial charge >= 0.3 is 5.97 Å². The van der Waals surface area contributed by atoms with Crippen molar-refractivity contribution in [3.8, 4) is 0 Å². The van der Waals surface area contributed by atoms with Gasteiger partial charge in [0.25, 0.3) is 0 Å². The van der Waals surface area contributed by atoms with Crippen LogP contribution in [0.1, 0.15) is 34.5 Å². The van der Waals surface area contributed by atoms with Gasteiger partial charge in [-0.05, 0) is 44.2 Å². The Kier molecular flexibility index (Phi) is 4.04. The van der Waals surface area contributed by atoms with Gasteiger partial charge in [0, 0.05) is 25.4 Å². The van der Waals surface area contributed by atoms with Gasteiger partial charge < -0.3 is 15.1 Å². The number of anilines is 1. The van der Waals surface area contributed by atoms with Gasteiger partial charge in [-0.25, -0.2) is 9.78 Å². The SMILES string of the molecule is Cc1cc(C)c(C(=O)O)c(N2CCC(CO)CC2)n1. The monoisotopic (exact) mass is 264 g/mol. The van der Waals surface area contributed by atoms with Gasteiger partial charge in [0.05, 0.1) is 0 Å². The zero-order valence-corrected chi connectivity index (χ0v) is 11.4. The van der Waals surface area contributed by atoms with Crippen molar-refractivity contribution in [1.82, 2.24) is 4.98 Å². The lowest BCUT2D eigenvalue weighted by molar-refractivity contribution is 0.0696. The van der Waals surface area contributed by atoms with Crippen molar-refractivity contribution in [3.63, 3.8) is 0 Å². The molecule has 0 amide bonds. The number of aromatic carboxylic acids is 1. The summed E-state index contributed by atoms with van der Waals surface area (Å²) in [4.78, 5) is 17.8. The Morgan fingerprint density at radius 1 is 1.42 bits per heavy atom. The number of piperidine rings is 1. The molecular formula is C14H20N2O3. The number of carbonyl (C=O) groups is 1. The minimum absolute atomic E-state index is 0.208. The van der Waals surface area contributed by atoms with E-state index in [1.807, 2.05) is 18.7 Å². The van der Waals surface area contributed by atoms with Crippen LogP contribution in [-0.4, -0.2) is 40.9 Å². The number of aryl methyl sites for hydroxylation is 2. The average Bonchev–Trinajstić information content (AvgIpc) is 2.37. The van der Waals surface area contributed by atoms with Crippen LogP contribution in [0.5, 0.6) is 0 Å². The summed E-state index contributed by atoms with van der Waals surface area (Å²) >= 11 is 0. The van der Waals surface area contributed by atoms with Crippen molar-refractivity contribution in [3.05, 3.63) is 22.9 Å². The molecule has 2 N–H and O–H groups in total. The molecule has 2 rings (SSSR count). The van der Waals surface area contributed by atoms with Gasteiger partial charge in [0.15, 0.2) is 0 Å². The fourth-order valence-electron chi connectivity index (χ4n) is 2.64. The molecule has 1 aliphatic heterocycles. The van der Waals surface area contributed by atoms with Crippen molar-refractivity contribution in [2.24, 2.45) is 5.92 Å². The lowest BCUT2D eigenvalue weighted by atomic mass is 9.97. The molecule has 1 aromatic rings. The number of carboxylic acid groups (broad SMARTS) is 1. The van der Waals surface area contributed by atoms with E-state index in [-0.39, 0.29) is 6.61 Å². The van der Waals surface area contributed by atoms with E-state index < -0.39 is 5.97 Å². The van der Waals surface area contributed by atoms with Gasteiger partial charge in [0.2, 0.25) is 0 Å². The zero-order chi connectivity index (χ0) is 14.0. The van der Waals surface area contributed by atoms with Crippen LogP contribution in [0.25, 0.3) is 0 Å². The third kappa shape index (κ3) is 2.87. The number of hydrogen-bond acceptors (Lipinski definition) is 4. The molecular weight excluding hydrogens is 244 g/mol. The molecule has 1 fully saturated rings. The van der Waals surface area contributed by atoms with Crippen molar-refractivity contribution < 1.29 is 15.0 Å². The molecule has 5 nitrogen and oxygen atoms in total. The van der Waals surface area contributed by atoms with Crippen LogP contribution >= 0.6 is 0 Å². The van der Waals surface area contributed by atoms with E-state index in [0.29, 0.717) is 17.3 Å². The molecule has 1 saturated heterocycles. The molecule has 0 saturated carbocycles. The van der Waals surface area contributed by atoms with Crippen LogP contribution in [-0.2, 0) is 0 Å². The first-order valence-electron chi connectivity index (χ1n) is 6.60. The molecule has 0 bridgehead atoms. The Hall–Kier alpha value is -1.62. The second kappa shape index (κ2) is 5.57. The normalized spacial score (nSPS) is 16.7. The van der Waals surface area contributed by atoms with E-state index >= 15 is 0 Å². The topological polar surface area (TPSA) is 73.7 Å². The summed E-state index contributed by atoms with van der Waals surface area (Å²) in [5, 5.41) is 18.5. The molecule has 0 unspecified atom stereocenters. The minimum atomic E-state index is -0.927. The molecule has 0 aromatic carbocycles. The first kappa shape index (κ1) is 13.8. The fraction of sp³-hybridized carbons (Fsp3) is 0.571. The van der Waals surface area contributed by atoms with Crippen molar-refractivity contribution >= 4 is 11.8 Å². The third-order valence-electron chi connectivity index (χ3n) is 3.71. The molecule has 1 aromatic heterocycles. The summed E-state index contributed by atoms with van der Waals surface area (Å²) in [7, 11) is 0. The molecule has 19 heavy (non-hydrogen) atoms. The molecule has 2 heterocycles. The summed E-state index contributed by atoms with van der Waals surface area (Å²) < 4.78 is 0. The highest BCUT2D eigenvalue weighted by atomic mass is 16.4. The van der Waals surface area contributed by atoms with Gasteiger partial charge in [-0.1, -0.05) is 0 Å². The van der Waals surface area contributed by atoms with Crippen molar-refractivity contribution in [2.75, 3.05) is 24.6 Å². The lowest BCUT2D eigenvalue weighted by Crippen LogP contribution is -2.36. The fourth-order valence-corrected chi connectivity index (χ4v) is 2.64. The zero-order valence-electron chi connectivity index (χ0n) is 11.4. The summed E-state index contributed by atoms with van der Waals surface area (Å²) in [5.41, 5.74) is 1.88. The standard InChI is InChI=1S/C14H20N2O3/c1-9-7-10(2)15-13(12(9)14(18)19)16-5-3-11(8-17)4-6-16/h7,11,17H,3-6,8H2,1-2H3,(H,18,19). The number of aromatic nitrogens is 1. The molecule has 0 aliphatic carbocycles. The maximum Gasteiger partial charge on any atom is 0.339 e. The third-order valence-corrected chi connectivity index (χ3v) is 3.71. The van der Waals surface area contributed by atoms with Crippen LogP contribution in [0.4, 0.5) is 5.82 Å². The molecule has 0 atom stereocenters. The summed E-state index contributed by atoms with van der Waals surface area (Å²) in [5.74, 6) is -0.0268. The Balaban J connectivity index is 2.31. The number of carboxylic acids is 1. The molecule has 0 spiro atoms. The minimum Gasteiger partial charge on any atom is -0.478 e. The highest BCUT2D eigenvalue weighted by Crippen LogP contribution is 2.27. The highest BCUT2D eigenvalue weighted by Gasteiger charge is 2.25. The van der Waals surface area contributed by atoms with Gasteiger partial charge in [-0.3, -0.25) is 0 Å². The van der Waals surface area contributed by atoms with E-state index in [9.17, 15) is 9.90 Å². The number of hydrogen-bond donors (Lipinski definition) is 2. The number of rotatable bonds is 3. The molecule has 0 radical (unpaired) electrons. The largest absolute Gasteiger partial charge is 0.478 e. The Morgan fingerprint density at radius 3 is 2.58 bits per heavy atom. The van der Waals surface area contributed by atoms with Crippen LogP contribution < -0.4 is 4.90 Å².